The molecular weight excluding hydrogens is 422 g/mol. The molecule has 2 aromatic heterocycles. The molecule has 1 aromatic carbocycles. The number of hydrogen-bond acceptors (Lipinski definition) is 8. The third-order valence-electron chi connectivity index (χ3n) is 5.03. The third kappa shape index (κ3) is 5.48. The zero-order chi connectivity index (χ0) is 23.0. The first kappa shape index (κ1) is 21.9. The van der Waals surface area contributed by atoms with Crippen LogP contribution >= 0.6 is 0 Å². The van der Waals surface area contributed by atoms with E-state index in [-0.39, 0.29) is 30.7 Å². The maximum Gasteiger partial charge on any atom is 0.261 e. The van der Waals surface area contributed by atoms with Crippen molar-refractivity contribution in [2.24, 2.45) is 0 Å². The quantitative estimate of drug-likeness (QED) is 0.320. The smallest absolute Gasteiger partial charge is 0.261 e. The SMILES string of the molecule is O=C(CCCN1C(=O)c2ccccc2C1=O)NCCNc1ccc(Nc2ccncc2)nn1. The Morgan fingerprint density at radius 1 is 0.848 bits per heavy atom. The highest BCUT2D eigenvalue weighted by Gasteiger charge is 2.34. The van der Waals surface area contributed by atoms with E-state index in [1.807, 2.05) is 12.1 Å². The maximum atomic E-state index is 12.3. The molecule has 10 nitrogen and oxygen atoms in total. The molecule has 0 saturated carbocycles. The van der Waals surface area contributed by atoms with Gasteiger partial charge in [-0.3, -0.25) is 24.3 Å². The summed E-state index contributed by atoms with van der Waals surface area (Å²) in [4.78, 5) is 41.9. The van der Waals surface area contributed by atoms with Crippen molar-refractivity contribution in [1.29, 1.82) is 0 Å². The summed E-state index contributed by atoms with van der Waals surface area (Å²) in [6.45, 7) is 1.11. The summed E-state index contributed by atoms with van der Waals surface area (Å²) in [5.74, 6) is 0.455. The van der Waals surface area contributed by atoms with Gasteiger partial charge in [-0.1, -0.05) is 12.1 Å². The van der Waals surface area contributed by atoms with Gasteiger partial charge < -0.3 is 16.0 Å². The van der Waals surface area contributed by atoms with Gasteiger partial charge in [0.2, 0.25) is 5.91 Å². The van der Waals surface area contributed by atoms with Gasteiger partial charge in [-0.2, -0.15) is 0 Å². The van der Waals surface area contributed by atoms with E-state index in [0.717, 1.165) is 5.69 Å². The lowest BCUT2D eigenvalue weighted by molar-refractivity contribution is -0.121. The van der Waals surface area contributed by atoms with Crippen LogP contribution in [0.3, 0.4) is 0 Å². The summed E-state index contributed by atoms with van der Waals surface area (Å²) in [7, 11) is 0. The van der Waals surface area contributed by atoms with Crippen LogP contribution < -0.4 is 16.0 Å². The van der Waals surface area contributed by atoms with Gasteiger partial charge in [-0.15, -0.1) is 10.2 Å². The number of rotatable bonds is 10. The van der Waals surface area contributed by atoms with Crippen LogP contribution in [0.15, 0.2) is 60.9 Å². The average Bonchev–Trinajstić information content (AvgIpc) is 3.08. The summed E-state index contributed by atoms with van der Waals surface area (Å²) >= 11 is 0. The number of benzene rings is 1. The number of imide groups is 1. The van der Waals surface area contributed by atoms with Crippen LogP contribution in [0.4, 0.5) is 17.3 Å². The first-order chi connectivity index (χ1) is 16.1. The van der Waals surface area contributed by atoms with E-state index in [2.05, 4.69) is 31.1 Å². The lowest BCUT2D eigenvalue weighted by Gasteiger charge is -2.13. The molecule has 3 aromatic rings. The zero-order valence-electron chi connectivity index (χ0n) is 17.8. The molecule has 0 bridgehead atoms. The normalized spacial score (nSPS) is 12.4. The van der Waals surface area contributed by atoms with Crippen molar-refractivity contribution in [2.75, 3.05) is 30.3 Å². The van der Waals surface area contributed by atoms with Crippen molar-refractivity contribution >= 4 is 35.0 Å². The minimum Gasteiger partial charge on any atom is -0.367 e. The summed E-state index contributed by atoms with van der Waals surface area (Å²) in [6, 6.07) is 14.0. The minimum atomic E-state index is -0.302. The Labute approximate surface area is 190 Å². The van der Waals surface area contributed by atoms with E-state index in [1.54, 1.807) is 48.8 Å². The molecule has 0 fully saturated rings. The third-order valence-corrected chi connectivity index (χ3v) is 5.03. The van der Waals surface area contributed by atoms with Gasteiger partial charge in [0, 0.05) is 44.1 Å². The lowest BCUT2D eigenvalue weighted by Crippen LogP contribution is -2.33. The highest BCUT2D eigenvalue weighted by atomic mass is 16.2. The van der Waals surface area contributed by atoms with Crippen LogP contribution in [-0.2, 0) is 4.79 Å². The molecule has 3 N–H and O–H groups in total. The molecule has 0 atom stereocenters. The number of anilines is 3. The monoisotopic (exact) mass is 445 g/mol. The lowest BCUT2D eigenvalue weighted by atomic mass is 10.1. The molecule has 0 unspecified atom stereocenters. The van der Waals surface area contributed by atoms with E-state index >= 15 is 0 Å². The fraction of sp³-hybridized carbons (Fsp3) is 0.217. The van der Waals surface area contributed by atoms with E-state index in [1.165, 1.54) is 4.90 Å². The number of hydrogen-bond donors (Lipinski definition) is 3. The van der Waals surface area contributed by atoms with Crippen molar-refractivity contribution in [3.63, 3.8) is 0 Å². The van der Waals surface area contributed by atoms with Gasteiger partial charge in [-0.25, -0.2) is 0 Å². The summed E-state index contributed by atoms with van der Waals surface area (Å²) in [5.41, 5.74) is 1.70. The second kappa shape index (κ2) is 10.3. The highest BCUT2D eigenvalue weighted by molar-refractivity contribution is 6.21. The minimum absolute atomic E-state index is 0.142. The molecular formula is C23H23N7O3. The Morgan fingerprint density at radius 3 is 2.18 bits per heavy atom. The highest BCUT2D eigenvalue weighted by Crippen LogP contribution is 2.22. The Hall–Kier alpha value is -4.34. The van der Waals surface area contributed by atoms with Gasteiger partial charge in [0.15, 0.2) is 5.82 Å². The van der Waals surface area contributed by atoms with E-state index in [0.29, 0.717) is 42.3 Å². The predicted molar refractivity (Wildman–Crippen MR) is 122 cm³/mol. The molecule has 1 aliphatic rings. The van der Waals surface area contributed by atoms with Gasteiger partial charge in [-0.05, 0) is 42.8 Å². The molecule has 1 aliphatic heterocycles. The maximum absolute atomic E-state index is 12.3. The Bertz CT molecular complexity index is 1100. The first-order valence-electron chi connectivity index (χ1n) is 10.6. The van der Waals surface area contributed by atoms with Crippen molar-refractivity contribution < 1.29 is 14.4 Å². The summed E-state index contributed by atoms with van der Waals surface area (Å²) in [6.07, 6.45) is 4.00. The van der Waals surface area contributed by atoms with Crippen LogP contribution in [0, 0.1) is 0 Å². The van der Waals surface area contributed by atoms with Gasteiger partial charge in [0.05, 0.1) is 11.1 Å². The number of pyridine rings is 1. The summed E-state index contributed by atoms with van der Waals surface area (Å²) < 4.78 is 0. The second-order valence-corrected chi connectivity index (χ2v) is 7.35. The van der Waals surface area contributed by atoms with Crippen molar-refractivity contribution in [3.05, 3.63) is 72.1 Å². The molecule has 3 heterocycles. The van der Waals surface area contributed by atoms with Crippen LogP contribution in [0.5, 0.6) is 0 Å². The number of carbonyl (C=O) groups is 3. The van der Waals surface area contributed by atoms with Gasteiger partial charge in [0.1, 0.15) is 5.82 Å². The van der Waals surface area contributed by atoms with E-state index < -0.39 is 0 Å². The number of nitrogens with zero attached hydrogens (tertiary/aromatic N) is 4. The standard InChI is InChI=1S/C23H23N7O3/c31-21(6-3-15-30-22(32)17-4-1-2-5-18(17)23(30)33)26-14-13-25-19-7-8-20(29-28-19)27-16-9-11-24-12-10-16/h1-2,4-5,7-12H,3,6,13-15H2,(H,25,28)(H,26,31)(H,24,27,29). The Kier molecular flexibility index (Phi) is 6.84. The van der Waals surface area contributed by atoms with Crippen molar-refractivity contribution in [3.8, 4) is 0 Å². The van der Waals surface area contributed by atoms with Crippen LogP contribution in [0.2, 0.25) is 0 Å². The van der Waals surface area contributed by atoms with Crippen molar-refractivity contribution in [2.45, 2.75) is 12.8 Å². The van der Waals surface area contributed by atoms with Gasteiger partial charge >= 0.3 is 0 Å². The Balaban J connectivity index is 1.12. The second-order valence-electron chi connectivity index (χ2n) is 7.35. The molecule has 0 aliphatic carbocycles. The van der Waals surface area contributed by atoms with E-state index in [9.17, 15) is 14.4 Å². The fourth-order valence-electron chi connectivity index (χ4n) is 3.40. The van der Waals surface area contributed by atoms with Crippen LogP contribution in [0.25, 0.3) is 0 Å². The predicted octanol–water partition coefficient (Wildman–Crippen LogP) is 2.22. The van der Waals surface area contributed by atoms with Crippen LogP contribution in [0.1, 0.15) is 33.6 Å². The van der Waals surface area contributed by atoms with Gasteiger partial charge in [0.25, 0.3) is 11.8 Å². The van der Waals surface area contributed by atoms with E-state index in [4.69, 9.17) is 0 Å². The number of fused-ring (bicyclic) bond motifs is 1. The largest absolute Gasteiger partial charge is 0.367 e. The summed E-state index contributed by atoms with van der Waals surface area (Å²) in [5, 5.41) is 17.2. The molecule has 10 heteroatoms. The number of carbonyl (C=O) groups excluding carboxylic acids is 3. The zero-order valence-corrected chi connectivity index (χ0v) is 17.8. The molecule has 4 rings (SSSR count). The molecule has 0 saturated heterocycles. The van der Waals surface area contributed by atoms with Crippen molar-refractivity contribution in [1.82, 2.24) is 25.4 Å². The first-order valence-corrected chi connectivity index (χ1v) is 10.6. The number of nitrogens with one attached hydrogen (secondary N) is 3. The average molecular weight is 445 g/mol. The molecule has 3 amide bonds. The number of aromatic nitrogens is 3. The number of amides is 3. The molecule has 0 radical (unpaired) electrons. The molecule has 33 heavy (non-hydrogen) atoms. The van der Waals surface area contributed by atoms with Crippen LogP contribution in [-0.4, -0.2) is 57.4 Å². The topological polar surface area (TPSA) is 129 Å². The Morgan fingerprint density at radius 2 is 1.52 bits per heavy atom. The molecule has 168 valence electrons. The fourth-order valence-corrected chi connectivity index (χ4v) is 3.40. The molecule has 0 spiro atoms.